The molecule has 0 spiro atoms. The van der Waals surface area contributed by atoms with Crippen LogP contribution in [0.4, 0.5) is 0 Å². The maximum absolute atomic E-state index is 4.74. The van der Waals surface area contributed by atoms with E-state index in [-0.39, 0.29) is 24.0 Å². The number of nitrogens with one attached hydrogen (secondary N) is 2. The van der Waals surface area contributed by atoms with E-state index in [9.17, 15) is 0 Å². The maximum atomic E-state index is 4.74. The first-order valence-electron chi connectivity index (χ1n) is 11.1. The monoisotopic (exact) mass is 556 g/mol. The summed E-state index contributed by atoms with van der Waals surface area (Å²) in [7, 11) is 0. The molecule has 1 fully saturated rings. The van der Waals surface area contributed by atoms with E-state index >= 15 is 0 Å². The van der Waals surface area contributed by atoms with Gasteiger partial charge in [0.15, 0.2) is 5.96 Å². The van der Waals surface area contributed by atoms with Crippen molar-refractivity contribution >= 4 is 41.3 Å². The standard InChI is InChI=1S/C23H36N6S.HI/c1-3-24-23(26-12-10-22-19-30-20(2)27-22)25-11-7-13-28-14-16-29(17-15-28)18-21-8-5-4-6-9-21;/h4-6,8-9,19H,3,7,10-18H2,1-2H3,(H2,24,25,26);1H. The van der Waals surface area contributed by atoms with Gasteiger partial charge in [-0.25, -0.2) is 4.98 Å². The quantitative estimate of drug-likeness (QED) is 0.204. The van der Waals surface area contributed by atoms with Gasteiger partial charge in [0, 0.05) is 70.7 Å². The van der Waals surface area contributed by atoms with Gasteiger partial charge in [0.25, 0.3) is 0 Å². The number of hydrogen-bond donors (Lipinski definition) is 2. The zero-order valence-corrected chi connectivity index (χ0v) is 22.0. The number of guanidine groups is 1. The van der Waals surface area contributed by atoms with Crippen molar-refractivity contribution in [1.82, 2.24) is 25.4 Å². The molecule has 1 aromatic heterocycles. The van der Waals surface area contributed by atoms with E-state index < -0.39 is 0 Å². The number of thiazole rings is 1. The number of aromatic nitrogens is 1. The van der Waals surface area contributed by atoms with Crippen LogP contribution in [-0.4, -0.2) is 73.1 Å². The second kappa shape index (κ2) is 14.8. The van der Waals surface area contributed by atoms with Gasteiger partial charge in [-0.05, 0) is 25.8 Å². The Hall–Kier alpha value is -1.23. The molecule has 6 nitrogen and oxygen atoms in total. The summed E-state index contributed by atoms with van der Waals surface area (Å²) in [5.74, 6) is 0.914. The minimum absolute atomic E-state index is 0. The topological polar surface area (TPSA) is 55.8 Å². The average molecular weight is 557 g/mol. The van der Waals surface area contributed by atoms with Gasteiger partial charge in [-0.15, -0.1) is 35.3 Å². The molecule has 1 saturated heterocycles. The van der Waals surface area contributed by atoms with Crippen LogP contribution >= 0.6 is 35.3 Å². The molecule has 1 aliphatic heterocycles. The van der Waals surface area contributed by atoms with Crippen molar-refractivity contribution in [2.45, 2.75) is 33.2 Å². The summed E-state index contributed by atoms with van der Waals surface area (Å²) >= 11 is 1.71. The van der Waals surface area contributed by atoms with Crippen LogP contribution in [-0.2, 0) is 13.0 Å². The molecule has 0 aliphatic carbocycles. The SMILES string of the molecule is CCNC(=NCCCN1CCN(Cc2ccccc2)CC1)NCCc1csc(C)n1.I. The Balaban J connectivity index is 0.00000341. The average Bonchev–Trinajstić information content (AvgIpc) is 3.18. The van der Waals surface area contributed by atoms with Crippen molar-refractivity contribution < 1.29 is 0 Å². The molecule has 1 aliphatic rings. The van der Waals surface area contributed by atoms with E-state index in [0.717, 1.165) is 88.4 Å². The molecule has 0 bridgehead atoms. The Bertz CT molecular complexity index is 758. The highest BCUT2D eigenvalue weighted by Crippen LogP contribution is 2.09. The number of aryl methyl sites for hydroxylation is 1. The molecule has 8 heteroatoms. The van der Waals surface area contributed by atoms with Gasteiger partial charge < -0.3 is 15.5 Å². The molecule has 0 amide bonds. The Morgan fingerprint density at radius 2 is 1.84 bits per heavy atom. The van der Waals surface area contributed by atoms with Crippen LogP contribution in [0.3, 0.4) is 0 Å². The van der Waals surface area contributed by atoms with E-state index in [1.807, 2.05) is 0 Å². The highest BCUT2D eigenvalue weighted by molar-refractivity contribution is 14.0. The van der Waals surface area contributed by atoms with Crippen LogP contribution in [0.15, 0.2) is 40.7 Å². The van der Waals surface area contributed by atoms with Crippen LogP contribution in [0.2, 0.25) is 0 Å². The summed E-state index contributed by atoms with van der Waals surface area (Å²) in [5, 5.41) is 10.0. The fourth-order valence-corrected chi connectivity index (χ4v) is 4.32. The van der Waals surface area contributed by atoms with Crippen molar-refractivity contribution in [2.75, 3.05) is 52.4 Å². The summed E-state index contributed by atoms with van der Waals surface area (Å²) in [6, 6.07) is 10.8. The predicted octanol–water partition coefficient (Wildman–Crippen LogP) is 3.38. The summed E-state index contributed by atoms with van der Waals surface area (Å²) in [6.45, 7) is 13.6. The van der Waals surface area contributed by atoms with E-state index in [4.69, 9.17) is 4.99 Å². The second-order valence-electron chi connectivity index (χ2n) is 7.75. The molecule has 0 saturated carbocycles. The van der Waals surface area contributed by atoms with Gasteiger partial charge in [-0.2, -0.15) is 0 Å². The number of halogens is 1. The predicted molar refractivity (Wildman–Crippen MR) is 143 cm³/mol. The number of hydrogen-bond acceptors (Lipinski definition) is 5. The van der Waals surface area contributed by atoms with E-state index in [0.29, 0.717) is 0 Å². The van der Waals surface area contributed by atoms with E-state index in [1.165, 1.54) is 5.56 Å². The van der Waals surface area contributed by atoms with Crippen molar-refractivity contribution in [1.29, 1.82) is 0 Å². The molecule has 172 valence electrons. The normalized spacial score (nSPS) is 15.5. The fraction of sp³-hybridized carbons (Fsp3) is 0.565. The molecule has 0 unspecified atom stereocenters. The second-order valence-corrected chi connectivity index (χ2v) is 8.81. The summed E-state index contributed by atoms with van der Waals surface area (Å²) in [6.07, 6.45) is 2.03. The lowest BCUT2D eigenvalue weighted by Gasteiger charge is -2.34. The van der Waals surface area contributed by atoms with Crippen molar-refractivity contribution in [3.05, 3.63) is 52.0 Å². The third-order valence-electron chi connectivity index (χ3n) is 5.30. The van der Waals surface area contributed by atoms with Crippen LogP contribution in [0.1, 0.15) is 29.6 Å². The molecular formula is C23H37IN6S. The molecular weight excluding hydrogens is 519 g/mol. The zero-order valence-electron chi connectivity index (χ0n) is 18.8. The molecule has 0 atom stereocenters. The molecule has 2 N–H and O–H groups in total. The van der Waals surface area contributed by atoms with Crippen LogP contribution in [0.5, 0.6) is 0 Å². The Labute approximate surface area is 208 Å². The van der Waals surface area contributed by atoms with Gasteiger partial charge in [-0.1, -0.05) is 30.3 Å². The van der Waals surface area contributed by atoms with E-state index in [2.05, 4.69) is 75.0 Å². The minimum Gasteiger partial charge on any atom is -0.357 e. The fourth-order valence-electron chi connectivity index (χ4n) is 3.67. The molecule has 2 heterocycles. The third kappa shape index (κ3) is 9.84. The van der Waals surface area contributed by atoms with E-state index in [1.54, 1.807) is 11.3 Å². The van der Waals surface area contributed by atoms with Gasteiger partial charge in [-0.3, -0.25) is 9.89 Å². The Morgan fingerprint density at radius 1 is 1.10 bits per heavy atom. The van der Waals surface area contributed by atoms with Crippen molar-refractivity contribution in [3.8, 4) is 0 Å². The Morgan fingerprint density at radius 3 is 2.52 bits per heavy atom. The van der Waals surface area contributed by atoms with Crippen molar-refractivity contribution in [2.24, 2.45) is 4.99 Å². The lowest BCUT2D eigenvalue weighted by molar-refractivity contribution is 0.127. The Kier molecular flexibility index (Phi) is 12.4. The molecule has 3 rings (SSSR count). The van der Waals surface area contributed by atoms with Gasteiger partial charge >= 0.3 is 0 Å². The molecule has 1 aromatic carbocycles. The van der Waals surface area contributed by atoms with Crippen LogP contribution < -0.4 is 10.6 Å². The van der Waals surface area contributed by atoms with Crippen LogP contribution in [0.25, 0.3) is 0 Å². The smallest absolute Gasteiger partial charge is 0.191 e. The third-order valence-corrected chi connectivity index (χ3v) is 6.12. The molecule has 0 radical (unpaired) electrons. The number of aliphatic imine (C=N–C) groups is 1. The zero-order chi connectivity index (χ0) is 21.0. The van der Waals surface area contributed by atoms with Gasteiger partial charge in [0.2, 0.25) is 0 Å². The number of rotatable bonds is 10. The number of nitrogens with zero attached hydrogens (tertiary/aromatic N) is 4. The first kappa shape index (κ1) is 26.0. The van der Waals surface area contributed by atoms with Crippen molar-refractivity contribution in [3.63, 3.8) is 0 Å². The highest BCUT2D eigenvalue weighted by atomic mass is 127. The lowest BCUT2D eigenvalue weighted by Crippen LogP contribution is -2.46. The largest absolute Gasteiger partial charge is 0.357 e. The number of piperazine rings is 1. The van der Waals surface area contributed by atoms with Gasteiger partial charge in [0.1, 0.15) is 0 Å². The molecule has 31 heavy (non-hydrogen) atoms. The first-order chi connectivity index (χ1) is 14.7. The van der Waals surface area contributed by atoms with Gasteiger partial charge in [0.05, 0.1) is 10.7 Å². The highest BCUT2D eigenvalue weighted by Gasteiger charge is 2.16. The lowest BCUT2D eigenvalue weighted by atomic mass is 10.2. The summed E-state index contributed by atoms with van der Waals surface area (Å²) in [4.78, 5) is 14.4. The number of benzene rings is 1. The van der Waals surface area contributed by atoms with Crippen LogP contribution in [0, 0.1) is 6.92 Å². The first-order valence-corrected chi connectivity index (χ1v) is 12.0. The summed E-state index contributed by atoms with van der Waals surface area (Å²) in [5.41, 5.74) is 2.57. The summed E-state index contributed by atoms with van der Waals surface area (Å²) < 4.78 is 0. The maximum Gasteiger partial charge on any atom is 0.191 e. The minimum atomic E-state index is 0. The molecule has 2 aromatic rings.